The van der Waals surface area contributed by atoms with E-state index < -0.39 is 116 Å². The van der Waals surface area contributed by atoms with Gasteiger partial charge in [0, 0.05) is 25.2 Å². The van der Waals surface area contributed by atoms with Crippen LogP contribution in [0, 0.1) is 0 Å². The average Bonchev–Trinajstić information content (AvgIpc) is 3.26. The summed E-state index contributed by atoms with van der Waals surface area (Å²) >= 11 is 0. The Morgan fingerprint density at radius 1 is 0.512 bits per heavy atom. The van der Waals surface area contributed by atoms with Crippen LogP contribution in [0.4, 0.5) is 0 Å². The monoisotopic (exact) mass is 627 g/mol. The van der Waals surface area contributed by atoms with Crippen LogP contribution in [-0.2, 0) is 28.4 Å². The van der Waals surface area contributed by atoms with Crippen LogP contribution in [0.1, 0.15) is 12.8 Å². The van der Waals surface area contributed by atoms with Crippen LogP contribution in [0.5, 0.6) is 0 Å². The Bertz CT molecular complexity index is 885. The molecule has 3 saturated heterocycles. The lowest BCUT2D eigenvalue weighted by atomic mass is 9.84. The molecule has 4 fully saturated rings. The van der Waals surface area contributed by atoms with Crippen LogP contribution in [-0.4, -0.2) is 167 Å². The SMILES string of the molecule is NCC[C@H]1O[C@@H](OC2[C@H](O[C@H]3OC(CN)[C@@H](O)[C@H](O)C3N)C(N)C[C@@H](N)[C@H]2O)[C@@H](O)C1O[C@H]1OC(CN)[C@@H](O)[C@@H](O)C1N. The van der Waals surface area contributed by atoms with E-state index in [-0.39, 0.29) is 32.5 Å². The van der Waals surface area contributed by atoms with Crippen molar-refractivity contribution in [2.24, 2.45) is 40.1 Å². The third kappa shape index (κ3) is 7.15. The first-order valence-corrected chi connectivity index (χ1v) is 14.5. The highest BCUT2D eigenvalue weighted by Gasteiger charge is 2.54. The molecule has 19 nitrogen and oxygen atoms in total. The first-order valence-electron chi connectivity index (χ1n) is 14.5. The Kier molecular flexibility index (Phi) is 12.1. The minimum Gasteiger partial charge on any atom is -0.389 e. The minimum absolute atomic E-state index is 0.113. The number of aliphatic hydroxyl groups is 6. The van der Waals surface area contributed by atoms with Crippen molar-refractivity contribution in [1.82, 2.24) is 0 Å². The molecule has 0 bridgehead atoms. The number of hydrogen-bond acceptors (Lipinski definition) is 19. The predicted molar refractivity (Wildman–Crippen MR) is 145 cm³/mol. The molecule has 7 unspecified atom stereocenters. The van der Waals surface area contributed by atoms with Gasteiger partial charge in [-0.2, -0.15) is 0 Å². The summed E-state index contributed by atoms with van der Waals surface area (Å²) in [4.78, 5) is 0. The van der Waals surface area contributed by atoms with Gasteiger partial charge in [0.25, 0.3) is 0 Å². The second-order valence-corrected chi connectivity index (χ2v) is 11.6. The van der Waals surface area contributed by atoms with Crippen LogP contribution >= 0.6 is 0 Å². The van der Waals surface area contributed by atoms with Crippen molar-refractivity contribution in [3.05, 3.63) is 0 Å². The Morgan fingerprint density at radius 3 is 1.47 bits per heavy atom. The van der Waals surface area contributed by atoms with Gasteiger partial charge in [-0.15, -0.1) is 0 Å². The van der Waals surface area contributed by atoms with E-state index in [9.17, 15) is 30.6 Å². The summed E-state index contributed by atoms with van der Waals surface area (Å²) in [6, 6.07) is -4.06. The van der Waals surface area contributed by atoms with Gasteiger partial charge in [0.05, 0.1) is 24.3 Å². The Labute approximate surface area is 248 Å². The second kappa shape index (κ2) is 14.8. The fourth-order valence-electron chi connectivity index (χ4n) is 5.99. The van der Waals surface area contributed by atoms with Gasteiger partial charge in [0.15, 0.2) is 18.9 Å². The van der Waals surface area contributed by atoms with Gasteiger partial charge in [0.1, 0.15) is 61.0 Å². The van der Waals surface area contributed by atoms with Crippen molar-refractivity contribution in [2.45, 2.75) is 129 Å². The molecule has 0 aromatic rings. The number of nitrogens with two attached hydrogens (primary N) is 7. The molecular formula is C24H49N7O12. The molecule has 1 aliphatic carbocycles. The minimum atomic E-state index is -1.50. The van der Waals surface area contributed by atoms with Crippen molar-refractivity contribution in [3.63, 3.8) is 0 Å². The summed E-state index contributed by atoms with van der Waals surface area (Å²) in [6.45, 7) is -0.142. The van der Waals surface area contributed by atoms with E-state index in [4.69, 9.17) is 68.6 Å². The van der Waals surface area contributed by atoms with E-state index in [1.54, 1.807) is 0 Å². The van der Waals surface area contributed by atoms with Crippen LogP contribution in [0.3, 0.4) is 0 Å². The Hall–Kier alpha value is -0.760. The molecule has 0 amide bonds. The topological polar surface area (TPSA) is 359 Å². The molecule has 43 heavy (non-hydrogen) atoms. The maximum Gasteiger partial charge on any atom is 0.187 e. The largest absolute Gasteiger partial charge is 0.389 e. The molecule has 1 saturated carbocycles. The molecule has 19 atom stereocenters. The molecule has 252 valence electrons. The molecule has 0 radical (unpaired) electrons. The van der Waals surface area contributed by atoms with Crippen LogP contribution < -0.4 is 40.1 Å². The predicted octanol–water partition coefficient (Wildman–Crippen LogP) is -8.54. The van der Waals surface area contributed by atoms with Gasteiger partial charge in [-0.25, -0.2) is 0 Å². The molecular weight excluding hydrogens is 578 g/mol. The fourth-order valence-corrected chi connectivity index (χ4v) is 5.99. The summed E-state index contributed by atoms with van der Waals surface area (Å²) in [5, 5.41) is 63.5. The zero-order valence-corrected chi connectivity index (χ0v) is 23.7. The quantitative estimate of drug-likeness (QED) is 0.107. The molecule has 19 heteroatoms. The van der Waals surface area contributed by atoms with E-state index in [0.29, 0.717) is 0 Å². The first kappa shape index (κ1) is 35.1. The Balaban J connectivity index is 1.51. The standard InChI is InChI=1S/C24H49N7O12/c25-2-1-8-20(42-23-12(31)17(36)15(34)10(5-27)40-23)18(37)24(38-8)43-21-13(32)6(28)3-7(29)19(21)41-22-11(30)16(35)14(33)9(4-26)39-22/h6-24,32-37H,1-5,25-31H2/t6-,7?,8-,9?,10?,11?,12?,13-,14-,15-,16-,17+,18+,19-,20?,21?,22-,23-,24+/m1/s1. The van der Waals surface area contributed by atoms with Gasteiger partial charge < -0.3 is 99.2 Å². The molecule has 3 aliphatic heterocycles. The van der Waals surface area contributed by atoms with Gasteiger partial charge in [-0.3, -0.25) is 0 Å². The van der Waals surface area contributed by atoms with E-state index >= 15 is 0 Å². The van der Waals surface area contributed by atoms with Crippen molar-refractivity contribution < 1.29 is 59.1 Å². The zero-order chi connectivity index (χ0) is 31.7. The summed E-state index contributed by atoms with van der Waals surface area (Å²) < 4.78 is 35.4. The molecule has 4 aliphatic rings. The third-order valence-electron chi connectivity index (χ3n) is 8.64. The highest BCUT2D eigenvalue weighted by molar-refractivity contribution is 5.02. The normalized spacial score (nSPS) is 52.8. The highest BCUT2D eigenvalue weighted by Crippen LogP contribution is 2.35. The van der Waals surface area contributed by atoms with E-state index in [0.717, 1.165) is 0 Å². The maximum absolute atomic E-state index is 11.3. The number of aliphatic hydroxyl groups excluding tert-OH is 6. The van der Waals surface area contributed by atoms with Crippen molar-refractivity contribution in [3.8, 4) is 0 Å². The molecule has 0 aromatic heterocycles. The zero-order valence-electron chi connectivity index (χ0n) is 23.7. The number of hydrogen-bond donors (Lipinski definition) is 13. The van der Waals surface area contributed by atoms with Crippen molar-refractivity contribution >= 4 is 0 Å². The summed E-state index contributed by atoms with van der Waals surface area (Å²) in [6.07, 6.45) is -18.5. The molecule has 20 N–H and O–H groups in total. The third-order valence-corrected chi connectivity index (χ3v) is 8.64. The lowest BCUT2D eigenvalue weighted by molar-refractivity contribution is -0.306. The molecule has 3 heterocycles. The fraction of sp³-hybridized carbons (Fsp3) is 1.00. The molecule has 0 spiro atoms. The lowest BCUT2D eigenvalue weighted by Crippen LogP contribution is -2.68. The van der Waals surface area contributed by atoms with Gasteiger partial charge >= 0.3 is 0 Å². The van der Waals surface area contributed by atoms with Crippen molar-refractivity contribution in [2.75, 3.05) is 19.6 Å². The first-order chi connectivity index (χ1) is 20.3. The summed E-state index contributed by atoms with van der Waals surface area (Å²) in [7, 11) is 0. The van der Waals surface area contributed by atoms with Crippen LogP contribution in [0.15, 0.2) is 0 Å². The van der Waals surface area contributed by atoms with Gasteiger partial charge in [-0.1, -0.05) is 0 Å². The van der Waals surface area contributed by atoms with Gasteiger partial charge in [-0.05, 0) is 19.4 Å². The number of rotatable bonds is 10. The molecule has 4 rings (SSSR count). The average molecular weight is 628 g/mol. The van der Waals surface area contributed by atoms with Crippen LogP contribution in [0.25, 0.3) is 0 Å². The maximum atomic E-state index is 11.3. The van der Waals surface area contributed by atoms with E-state index in [1.807, 2.05) is 0 Å². The highest BCUT2D eigenvalue weighted by atomic mass is 16.8. The number of ether oxygens (including phenoxy) is 6. The van der Waals surface area contributed by atoms with E-state index in [2.05, 4.69) is 0 Å². The van der Waals surface area contributed by atoms with E-state index in [1.165, 1.54) is 0 Å². The van der Waals surface area contributed by atoms with Crippen LogP contribution in [0.2, 0.25) is 0 Å². The summed E-state index contributed by atoms with van der Waals surface area (Å²) in [5.41, 5.74) is 41.7. The second-order valence-electron chi connectivity index (χ2n) is 11.6. The van der Waals surface area contributed by atoms with Gasteiger partial charge in [0.2, 0.25) is 0 Å². The lowest BCUT2D eigenvalue weighted by Gasteiger charge is -2.47. The Morgan fingerprint density at radius 2 is 0.977 bits per heavy atom. The van der Waals surface area contributed by atoms with Crippen molar-refractivity contribution in [1.29, 1.82) is 0 Å². The molecule has 0 aromatic carbocycles. The smallest absolute Gasteiger partial charge is 0.187 e. The summed E-state index contributed by atoms with van der Waals surface area (Å²) in [5.74, 6) is 0.